The fourth-order valence-corrected chi connectivity index (χ4v) is 2.60. The Morgan fingerprint density at radius 3 is 3.10 bits per heavy atom. The number of pyridine rings is 1. The zero-order valence-corrected chi connectivity index (χ0v) is 12.1. The molecule has 1 unspecified atom stereocenters. The normalized spacial score (nSPS) is 17.3. The van der Waals surface area contributed by atoms with Gasteiger partial charge in [-0.1, -0.05) is 6.92 Å². The zero-order valence-electron chi connectivity index (χ0n) is 12.1. The van der Waals surface area contributed by atoms with Gasteiger partial charge < -0.3 is 10.4 Å². The molecule has 2 N–H and O–H groups in total. The maximum Gasteiger partial charge on any atom is 0.260 e. The Morgan fingerprint density at radius 2 is 2.29 bits per heavy atom. The number of fused-ring (bicyclic) bond motifs is 1. The van der Waals surface area contributed by atoms with Gasteiger partial charge in [0.2, 0.25) is 0 Å². The quantitative estimate of drug-likeness (QED) is 0.886. The monoisotopic (exact) mass is 286 g/mol. The summed E-state index contributed by atoms with van der Waals surface area (Å²) in [6, 6.07) is 3.21. The Hall–Kier alpha value is -2.37. The van der Waals surface area contributed by atoms with E-state index < -0.39 is 0 Å². The van der Waals surface area contributed by atoms with Crippen molar-refractivity contribution in [1.29, 1.82) is 0 Å². The molecule has 6 nitrogen and oxygen atoms in total. The topological polar surface area (TPSA) is 80.0 Å². The lowest BCUT2D eigenvalue weighted by Crippen LogP contribution is -2.21. The Kier molecular flexibility index (Phi) is 3.37. The number of anilines is 1. The van der Waals surface area contributed by atoms with Crippen LogP contribution in [0.15, 0.2) is 18.3 Å². The number of hydrogen-bond acceptors (Lipinski definition) is 4. The first-order valence-electron chi connectivity index (χ1n) is 7.07. The number of aryl methyl sites for hydroxylation is 2. The molecular weight excluding hydrogens is 268 g/mol. The summed E-state index contributed by atoms with van der Waals surface area (Å²) in [5, 5.41) is 16.7. The largest absolute Gasteiger partial charge is 0.504 e. The number of aromatic hydroxyl groups is 1. The van der Waals surface area contributed by atoms with Crippen molar-refractivity contribution in [2.45, 2.75) is 33.2 Å². The Balaban J connectivity index is 1.86. The highest BCUT2D eigenvalue weighted by Gasteiger charge is 2.23. The van der Waals surface area contributed by atoms with E-state index in [1.807, 2.05) is 4.68 Å². The van der Waals surface area contributed by atoms with Crippen LogP contribution in [0.3, 0.4) is 0 Å². The van der Waals surface area contributed by atoms with Crippen LogP contribution in [0.1, 0.15) is 35.1 Å². The molecular formula is C15H18N4O2. The Labute approximate surface area is 122 Å². The fraction of sp³-hybridized carbons (Fsp3) is 0.400. The molecule has 1 atom stereocenters. The minimum atomic E-state index is -0.279. The molecule has 0 spiro atoms. The van der Waals surface area contributed by atoms with Gasteiger partial charge in [-0.3, -0.25) is 9.48 Å². The molecule has 3 rings (SSSR count). The second kappa shape index (κ2) is 5.20. The van der Waals surface area contributed by atoms with Gasteiger partial charge in [0.05, 0.1) is 17.5 Å². The molecule has 1 amide bonds. The van der Waals surface area contributed by atoms with Crippen molar-refractivity contribution in [3.05, 3.63) is 35.3 Å². The maximum absolute atomic E-state index is 12.4. The average Bonchev–Trinajstić information content (AvgIpc) is 2.85. The summed E-state index contributed by atoms with van der Waals surface area (Å²) in [6.45, 7) is 4.82. The highest BCUT2D eigenvalue weighted by Crippen LogP contribution is 2.25. The molecule has 1 aliphatic rings. The van der Waals surface area contributed by atoms with Gasteiger partial charge in [0, 0.05) is 12.2 Å². The van der Waals surface area contributed by atoms with Crippen LogP contribution in [0, 0.1) is 12.8 Å². The van der Waals surface area contributed by atoms with Crippen molar-refractivity contribution in [1.82, 2.24) is 14.8 Å². The third kappa shape index (κ3) is 2.61. The summed E-state index contributed by atoms with van der Waals surface area (Å²) in [6.07, 6.45) is 3.52. The summed E-state index contributed by atoms with van der Waals surface area (Å²) >= 11 is 0. The van der Waals surface area contributed by atoms with Crippen LogP contribution in [-0.2, 0) is 13.0 Å². The van der Waals surface area contributed by atoms with Crippen LogP contribution in [-0.4, -0.2) is 25.8 Å². The molecule has 0 saturated heterocycles. The fourth-order valence-electron chi connectivity index (χ4n) is 2.60. The van der Waals surface area contributed by atoms with Crippen LogP contribution >= 0.6 is 0 Å². The Morgan fingerprint density at radius 1 is 1.48 bits per heavy atom. The third-order valence-corrected chi connectivity index (χ3v) is 3.81. The molecule has 2 aromatic rings. The van der Waals surface area contributed by atoms with E-state index in [2.05, 4.69) is 22.3 Å². The van der Waals surface area contributed by atoms with Gasteiger partial charge in [0.1, 0.15) is 0 Å². The number of carbonyl (C=O) groups is 1. The second-order valence-corrected chi connectivity index (χ2v) is 5.60. The number of rotatable bonds is 2. The summed E-state index contributed by atoms with van der Waals surface area (Å²) in [7, 11) is 0. The maximum atomic E-state index is 12.4. The van der Waals surface area contributed by atoms with Gasteiger partial charge in [-0.05, 0) is 37.8 Å². The zero-order chi connectivity index (χ0) is 15.0. The predicted octanol–water partition coefficient (Wildman–Crippen LogP) is 2.13. The van der Waals surface area contributed by atoms with E-state index in [9.17, 15) is 9.90 Å². The molecule has 0 radical (unpaired) electrons. The predicted molar refractivity (Wildman–Crippen MR) is 78.3 cm³/mol. The lowest BCUT2D eigenvalue weighted by molar-refractivity contribution is 0.102. The van der Waals surface area contributed by atoms with E-state index in [1.54, 1.807) is 19.2 Å². The first-order chi connectivity index (χ1) is 10.0. The van der Waals surface area contributed by atoms with Gasteiger partial charge >= 0.3 is 0 Å². The molecule has 0 saturated carbocycles. The molecule has 1 aliphatic heterocycles. The summed E-state index contributed by atoms with van der Waals surface area (Å²) in [5.41, 5.74) is 2.25. The second-order valence-electron chi connectivity index (χ2n) is 5.60. The minimum Gasteiger partial charge on any atom is -0.504 e. The molecule has 2 aromatic heterocycles. The molecule has 21 heavy (non-hydrogen) atoms. The van der Waals surface area contributed by atoms with E-state index in [4.69, 9.17) is 0 Å². The number of carbonyl (C=O) groups excluding carboxylic acids is 1. The summed E-state index contributed by atoms with van der Waals surface area (Å²) in [4.78, 5) is 16.5. The van der Waals surface area contributed by atoms with Crippen molar-refractivity contribution in [3.63, 3.8) is 0 Å². The highest BCUT2D eigenvalue weighted by molar-refractivity contribution is 6.05. The number of aromatic nitrogens is 3. The number of nitrogens with zero attached hydrogens (tertiary/aromatic N) is 3. The van der Waals surface area contributed by atoms with Crippen LogP contribution < -0.4 is 5.32 Å². The lowest BCUT2D eigenvalue weighted by atomic mass is 9.96. The molecule has 0 aromatic carbocycles. The SMILES string of the molecule is Cc1ccc(O)c(NC(=O)c2cnn3c2CC(C)CC3)n1. The number of hydrogen-bond donors (Lipinski definition) is 2. The molecule has 110 valence electrons. The van der Waals surface area contributed by atoms with E-state index in [-0.39, 0.29) is 17.5 Å². The Bertz CT molecular complexity index is 693. The number of nitrogens with one attached hydrogen (secondary N) is 1. The number of amides is 1. The van der Waals surface area contributed by atoms with Crippen molar-refractivity contribution < 1.29 is 9.90 Å². The first-order valence-corrected chi connectivity index (χ1v) is 7.07. The van der Waals surface area contributed by atoms with E-state index >= 15 is 0 Å². The van der Waals surface area contributed by atoms with Crippen molar-refractivity contribution in [2.75, 3.05) is 5.32 Å². The van der Waals surface area contributed by atoms with Crippen LogP contribution in [0.5, 0.6) is 5.75 Å². The van der Waals surface area contributed by atoms with Gasteiger partial charge in [-0.25, -0.2) is 4.98 Å². The lowest BCUT2D eigenvalue weighted by Gasteiger charge is -2.20. The van der Waals surface area contributed by atoms with Gasteiger partial charge in [0.15, 0.2) is 11.6 Å². The smallest absolute Gasteiger partial charge is 0.260 e. The van der Waals surface area contributed by atoms with Gasteiger partial charge in [-0.15, -0.1) is 0 Å². The molecule has 0 aliphatic carbocycles. The first kappa shape index (κ1) is 13.6. The van der Waals surface area contributed by atoms with Crippen molar-refractivity contribution in [2.24, 2.45) is 5.92 Å². The standard InChI is InChI=1S/C15H18N4O2/c1-9-5-6-19-12(7-9)11(8-16-19)15(21)18-14-13(20)4-3-10(2)17-14/h3-4,8-9,20H,5-7H2,1-2H3,(H,17,18,21). The molecule has 0 bridgehead atoms. The van der Waals surface area contributed by atoms with Crippen LogP contribution in [0.2, 0.25) is 0 Å². The summed E-state index contributed by atoms with van der Waals surface area (Å²) < 4.78 is 1.89. The third-order valence-electron chi connectivity index (χ3n) is 3.81. The minimum absolute atomic E-state index is 0.0386. The van der Waals surface area contributed by atoms with E-state index in [0.29, 0.717) is 11.5 Å². The molecule has 0 fully saturated rings. The van der Waals surface area contributed by atoms with Crippen molar-refractivity contribution >= 4 is 11.7 Å². The van der Waals surface area contributed by atoms with Crippen LogP contribution in [0.25, 0.3) is 0 Å². The van der Waals surface area contributed by atoms with E-state index in [1.165, 1.54) is 6.07 Å². The van der Waals surface area contributed by atoms with Crippen LogP contribution in [0.4, 0.5) is 5.82 Å². The molecule has 3 heterocycles. The average molecular weight is 286 g/mol. The van der Waals surface area contributed by atoms with Gasteiger partial charge in [0.25, 0.3) is 5.91 Å². The van der Waals surface area contributed by atoms with Crippen molar-refractivity contribution in [3.8, 4) is 5.75 Å². The summed E-state index contributed by atoms with van der Waals surface area (Å²) in [5.74, 6) is 0.414. The van der Waals surface area contributed by atoms with E-state index in [0.717, 1.165) is 30.8 Å². The van der Waals surface area contributed by atoms with Gasteiger partial charge in [-0.2, -0.15) is 5.10 Å². The highest BCUT2D eigenvalue weighted by atomic mass is 16.3. The molecule has 6 heteroatoms.